The van der Waals surface area contributed by atoms with Crippen LogP contribution in [0.4, 0.5) is 0 Å². The molecule has 15 heteroatoms. The largest absolute Gasteiger partial charge is 0.491 e. The fraction of sp³-hybridized carbons (Fsp3) is 0.662. The Labute approximate surface area is 536 Å². The van der Waals surface area contributed by atoms with Crippen molar-refractivity contribution in [2.75, 3.05) is 66.1 Å². The summed E-state index contributed by atoms with van der Waals surface area (Å²) in [6.07, 6.45) is 6.07. The Balaban J connectivity index is -0.000000146. The molecule has 3 aliphatic heterocycles. The van der Waals surface area contributed by atoms with Gasteiger partial charge in [-0.25, -0.2) is 0 Å². The van der Waals surface area contributed by atoms with Crippen LogP contribution in [0.25, 0.3) is 0 Å². The third-order valence-electron chi connectivity index (χ3n) is 10.5. The Morgan fingerprint density at radius 3 is 1.14 bits per heavy atom. The van der Waals surface area contributed by atoms with E-state index in [-0.39, 0.29) is 56.1 Å². The van der Waals surface area contributed by atoms with E-state index in [9.17, 15) is 10.2 Å². The van der Waals surface area contributed by atoms with Crippen molar-refractivity contribution >= 4 is 25.0 Å². The normalized spacial score (nSPS) is 16.2. The monoisotopic (exact) mass is 1270 g/mol. The predicted molar refractivity (Wildman–Crippen MR) is 384 cm³/mol. The molecule has 0 saturated carbocycles. The zero-order valence-corrected chi connectivity index (χ0v) is 57.9. The van der Waals surface area contributed by atoms with Crippen molar-refractivity contribution < 1.29 is 56.6 Å². The second-order valence-corrected chi connectivity index (χ2v) is 33.9. The molecule has 0 spiro atoms. The minimum atomic E-state index is -2.05. The van der Waals surface area contributed by atoms with E-state index in [4.69, 9.17) is 46.4 Å². The number of hydrogen-bond acceptors (Lipinski definition) is 12. The molecule has 3 fully saturated rings. The van der Waals surface area contributed by atoms with Crippen LogP contribution in [0.2, 0.25) is 51.4 Å². The second kappa shape index (κ2) is 63.0. The first-order chi connectivity index (χ1) is 38.8. The molecule has 0 aliphatic carbocycles. The molecule has 0 aromatic heterocycles. The summed E-state index contributed by atoms with van der Waals surface area (Å²) >= 11 is 0. The number of rotatable bonds is 24. The van der Waals surface area contributed by atoms with Gasteiger partial charge in [-0.15, -0.1) is 0 Å². The second-order valence-electron chi connectivity index (χ2n) is 20.9. The standard InChI is InChI=1S/C18H34O4Si2.C14H22O4Si.2C9H10O2.4C3H8.2C2H6.5CH4/c1-6-23(2,3)22-24(4,5)14-10-13-20-15-17(19)16-21-18-11-8-7-9-12-18;1-4-18-19(2,3)13-14(15,11-17-13)10-16-12-8-6-5-7-9-12;2*1-2-4-8(5-3-1)10-6-9-7-11-9;4*1-3-2;2*1-2;;;;;/h7-9,11-12,17,19H,6,10,13-16H2,1-5H3;5-9,13,15H,4,10-11H2,1-3H3;2*1-5,9H,6-7H2;4*3H2,1-2H3;2*1-2H3;5*1H4. The van der Waals surface area contributed by atoms with Crippen molar-refractivity contribution in [2.45, 2.75) is 247 Å². The Bertz CT molecular complexity index is 1840. The summed E-state index contributed by atoms with van der Waals surface area (Å²) in [5, 5.41) is 20.5. The molecule has 2 N–H and O–H groups in total. The molecular formula is C71H140O12Si3. The SMILES string of the molecule is C.C.C.C.C.CC.CC.CCC.CCC.CCC.CCC.CCO[Si](C)(C)C1OCC1(O)COc1ccccc1.CC[Si](C)(C)O[Si](C)(C)CCCOCC(O)COc1ccccc1.c1ccc(OCC2CO2)cc1.c1ccc(OCC2CO2)cc1. The maximum Gasteiger partial charge on any atom is 0.218 e. The highest BCUT2D eigenvalue weighted by Gasteiger charge is 2.57. The first-order valence-corrected chi connectivity index (χ1v) is 39.9. The summed E-state index contributed by atoms with van der Waals surface area (Å²) in [7, 11) is -5.13. The molecule has 3 heterocycles. The Hall–Kier alpha value is -3.59. The van der Waals surface area contributed by atoms with Crippen molar-refractivity contribution in [3.05, 3.63) is 121 Å². The van der Waals surface area contributed by atoms with Crippen LogP contribution in [0.3, 0.4) is 0 Å². The van der Waals surface area contributed by atoms with Gasteiger partial charge in [0.2, 0.25) is 8.32 Å². The quantitative estimate of drug-likeness (QED) is 0.0392. The van der Waals surface area contributed by atoms with Gasteiger partial charge in [0.1, 0.15) is 79.1 Å². The smallest absolute Gasteiger partial charge is 0.218 e. The number of hydrogen-bond donors (Lipinski definition) is 2. The third-order valence-corrected chi connectivity index (χ3v) is 21.2. The van der Waals surface area contributed by atoms with Crippen LogP contribution in [0.1, 0.15) is 166 Å². The summed E-state index contributed by atoms with van der Waals surface area (Å²) < 4.78 is 55.3. The number of ether oxygens (including phenoxy) is 8. The van der Waals surface area contributed by atoms with Crippen molar-refractivity contribution in [3.63, 3.8) is 0 Å². The van der Waals surface area contributed by atoms with Gasteiger partial charge in [0.05, 0.1) is 26.4 Å². The fourth-order valence-electron chi connectivity index (χ4n) is 6.68. The van der Waals surface area contributed by atoms with E-state index in [0.29, 0.717) is 51.8 Å². The van der Waals surface area contributed by atoms with Crippen LogP contribution in [0.5, 0.6) is 23.0 Å². The number of aliphatic hydroxyl groups is 2. The molecule has 4 aromatic rings. The van der Waals surface area contributed by atoms with Gasteiger partial charge in [0.25, 0.3) is 0 Å². The van der Waals surface area contributed by atoms with Gasteiger partial charge in [0, 0.05) is 13.2 Å². The third kappa shape index (κ3) is 55.7. The van der Waals surface area contributed by atoms with E-state index >= 15 is 0 Å². The average Bonchev–Trinajstić information content (AvgIpc) is 2.45. The Morgan fingerprint density at radius 1 is 0.500 bits per heavy atom. The molecule has 3 saturated heterocycles. The first kappa shape index (κ1) is 98.6. The lowest BCUT2D eigenvalue weighted by atomic mass is 10.0. The van der Waals surface area contributed by atoms with E-state index in [1.54, 1.807) is 0 Å². The molecule has 7 rings (SSSR count). The average molecular weight is 1270 g/mol. The van der Waals surface area contributed by atoms with Crippen LogP contribution in [-0.2, 0) is 27.5 Å². The molecule has 508 valence electrons. The maximum absolute atomic E-state index is 10.6. The van der Waals surface area contributed by atoms with Crippen molar-refractivity contribution in [1.82, 2.24) is 0 Å². The summed E-state index contributed by atoms with van der Waals surface area (Å²) in [5.41, 5.74) is -1.16. The maximum atomic E-state index is 10.6. The minimum absolute atomic E-state index is 0. The number of epoxide rings is 2. The van der Waals surface area contributed by atoms with Gasteiger partial charge < -0.3 is 56.6 Å². The molecule has 5 atom stereocenters. The first-order valence-electron chi connectivity index (χ1n) is 30.7. The van der Waals surface area contributed by atoms with E-state index in [0.717, 1.165) is 54.7 Å². The highest BCUT2D eigenvalue weighted by atomic mass is 28.4. The molecule has 0 bridgehead atoms. The van der Waals surface area contributed by atoms with E-state index in [1.165, 1.54) is 25.7 Å². The minimum Gasteiger partial charge on any atom is -0.491 e. The van der Waals surface area contributed by atoms with Gasteiger partial charge in [-0.1, -0.05) is 226 Å². The summed E-state index contributed by atoms with van der Waals surface area (Å²) in [6.45, 7) is 48.0. The highest BCUT2D eigenvalue weighted by molar-refractivity contribution is 6.84. The molecule has 0 radical (unpaired) electrons. The fourth-order valence-corrected chi connectivity index (χ4v) is 17.5. The molecule has 0 amide bonds. The van der Waals surface area contributed by atoms with Gasteiger partial charge in [0.15, 0.2) is 16.6 Å². The van der Waals surface area contributed by atoms with Crippen molar-refractivity contribution in [1.29, 1.82) is 0 Å². The lowest BCUT2D eigenvalue weighted by Gasteiger charge is -2.50. The van der Waals surface area contributed by atoms with Crippen LogP contribution >= 0.6 is 0 Å². The summed E-state index contributed by atoms with van der Waals surface area (Å²) in [4.78, 5) is 0. The lowest BCUT2D eigenvalue weighted by molar-refractivity contribution is -0.223. The molecule has 4 aromatic carbocycles. The van der Waals surface area contributed by atoms with Crippen LogP contribution < -0.4 is 18.9 Å². The van der Waals surface area contributed by atoms with Gasteiger partial charge in [-0.05, 0) is 113 Å². The highest BCUT2D eigenvalue weighted by Crippen LogP contribution is 2.34. The number of benzene rings is 4. The zero-order valence-electron chi connectivity index (χ0n) is 54.9. The number of para-hydroxylation sites is 4. The molecule has 12 nitrogen and oxygen atoms in total. The van der Waals surface area contributed by atoms with Crippen LogP contribution in [0.15, 0.2) is 121 Å². The van der Waals surface area contributed by atoms with E-state index < -0.39 is 36.7 Å². The predicted octanol–water partition coefficient (Wildman–Crippen LogP) is 20.1. The Morgan fingerprint density at radius 2 is 0.837 bits per heavy atom. The van der Waals surface area contributed by atoms with Crippen LogP contribution in [0, 0.1) is 0 Å². The van der Waals surface area contributed by atoms with E-state index in [2.05, 4.69) is 102 Å². The summed E-state index contributed by atoms with van der Waals surface area (Å²) in [5.74, 6) is 3.37. The number of aliphatic hydroxyl groups excluding tert-OH is 1. The lowest BCUT2D eigenvalue weighted by Crippen LogP contribution is -2.71. The van der Waals surface area contributed by atoms with E-state index in [1.807, 2.05) is 156 Å². The summed E-state index contributed by atoms with van der Waals surface area (Å²) in [6, 6.07) is 40.9. The zero-order chi connectivity index (χ0) is 61.9. The van der Waals surface area contributed by atoms with Gasteiger partial charge >= 0.3 is 0 Å². The van der Waals surface area contributed by atoms with Gasteiger partial charge in [-0.2, -0.15) is 0 Å². The molecular weight excluding hydrogens is 1130 g/mol. The molecule has 5 unspecified atom stereocenters. The molecule has 3 aliphatic rings. The molecule has 86 heavy (non-hydrogen) atoms. The van der Waals surface area contributed by atoms with Crippen LogP contribution in [-0.4, -0.2) is 131 Å². The van der Waals surface area contributed by atoms with Gasteiger partial charge in [-0.3, -0.25) is 0 Å². The topological polar surface area (TPSA) is 139 Å². The van der Waals surface area contributed by atoms with Crippen molar-refractivity contribution in [2.24, 2.45) is 0 Å². The van der Waals surface area contributed by atoms with Crippen molar-refractivity contribution in [3.8, 4) is 23.0 Å². The Kier molecular flexibility index (Phi) is 72.3.